The van der Waals surface area contributed by atoms with Gasteiger partial charge in [-0.2, -0.15) is 4.98 Å². The van der Waals surface area contributed by atoms with Crippen LogP contribution in [-0.2, 0) is 0 Å². The number of nitrogens with zero attached hydrogens (tertiary/aromatic N) is 3. The Bertz CT molecular complexity index is 871. The van der Waals surface area contributed by atoms with Crippen LogP contribution in [0.5, 0.6) is 11.5 Å². The van der Waals surface area contributed by atoms with Crippen molar-refractivity contribution in [2.75, 3.05) is 11.5 Å². The minimum Gasteiger partial charge on any atom is -0.451 e. The first-order chi connectivity index (χ1) is 12.0. The van der Waals surface area contributed by atoms with Gasteiger partial charge in [-0.3, -0.25) is 0 Å². The van der Waals surface area contributed by atoms with Crippen molar-refractivity contribution in [3.05, 3.63) is 54.4 Å². The molecule has 128 valence electrons. The van der Waals surface area contributed by atoms with E-state index in [4.69, 9.17) is 16.2 Å². The van der Waals surface area contributed by atoms with Gasteiger partial charge in [-0.05, 0) is 18.1 Å². The first-order valence-corrected chi connectivity index (χ1v) is 8.63. The molecular weight excluding hydrogens is 334 g/mol. The second-order valence-electron chi connectivity index (χ2n) is 5.71. The van der Waals surface area contributed by atoms with Gasteiger partial charge < -0.3 is 16.2 Å². The predicted octanol–water partition coefficient (Wildman–Crippen LogP) is 4.10. The van der Waals surface area contributed by atoms with Crippen LogP contribution in [0.15, 0.2) is 58.7 Å². The van der Waals surface area contributed by atoms with E-state index in [0.29, 0.717) is 11.5 Å². The second kappa shape index (κ2) is 7.40. The number of benzene rings is 1. The average Bonchev–Trinajstić information content (AvgIpc) is 2.58. The number of rotatable bonds is 5. The predicted molar refractivity (Wildman–Crippen MR) is 99.8 cm³/mol. The smallest absolute Gasteiger partial charge is 0.222 e. The normalized spacial score (nSPS) is 10.8. The molecule has 4 N–H and O–H groups in total. The highest BCUT2D eigenvalue weighted by atomic mass is 32.2. The van der Waals surface area contributed by atoms with E-state index in [1.807, 2.05) is 42.6 Å². The summed E-state index contributed by atoms with van der Waals surface area (Å²) in [5.41, 5.74) is 12.4. The van der Waals surface area contributed by atoms with Crippen LogP contribution in [0, 0.1) is 0 Å². The number of hydrogen-bond acceptors (Lipinski definition) is 7. The average molecular weight is 353 g/mol. The van der Waals surface area contributed by atoms with E-state index in [9.17, 15) is 0 Å². The molecule has 6 nitrogen and oxygen atoms in total. The van der Waals surface area contributed by atoms with E-state index in [1.165, 1.54) is 6.20 Å². The number of pyridine rings is 1. The van der Waals surface area contributed by atoms with Crippen LogP contribution in [-0.4, -0.2) is 15.0 Å². The highest BCUT2D eigenvalue weighted by molar-refractivity contribution is 7.99. The van der Waals surface area contributed by atoms with Crippen LogP contribution in [0.3, 0.4) is 0 Å². The molecular formula is C18H19N5OS. The molecule has 2 heterocycles. The van der Waals surface area contributed by atoms with Gasteiger partial charge in [-0.25, -0.2) is 9.97 Å². The first kappa shape index (κ1) is 17.0. The number of anilines is 2. The molecule has 25 heavy (non-hydrogen) atoms. The molecule has 0 saturated carbocycles. The van der Waals surface area contributed by atoms with Gasteiger partial charge >= 0.3 is 0 Å². The van der Waals surface area contributed by atoms with Crippen molar-refractivity contribution in [2.45, 2.75) is 29.7 Å². The molecule has 0 unspecified atom stereocenters. The van der Waals surface area contributed by atoms with Crippen molar-refractivity contribution in [1.29, 1.82) is 0 Å². The molecule has 0 radical (unpaired) electrons. The van der Waals surface area contributed by atoms with Gasteiger partial charge in [0.15, 0.2) is 11.6 Å². The quantitative estimate of drug-likeness (QED) is 0.712. The number of hydrogen-bond donors (Lipinski definition) is 2. The fourth-order valence-corrected chi connectivity index (χ4v) is 3.02. The lowest BCUT2D eigenvalue weighted by molar-refractivity contribution is 0.468. The van der Waals surface area contributed by atoms with E-state index in [-0.39, 0.29) is 17.7 Å². The molecule has 0 aliphatic rings. The minimum atomic E-state index is 0.115. The van der Waals surface area contributed by atoms with E-state index in [0.717, 1.165) is 15.5 Å². The molecule has 0 aliphatic heterocycles. The van der Waals surface area contributed by atoms with Gasteiger partial charge in [0.05, 0.1) is 6.20 Å². The number of ether oxygens (including phenoxy) is 1. The summed E-state index contributed by atoms with van der Waals surface area (Å²) in [5, 5.41) is 0.834. The van der Waals surface area contributed by atoms with Crippen molar-refractivity contribution in [3.8, 4) is 11.5 Å². The summed E-state index contributed by atoms with van der Waals surface area (Å²) in [6.45, 7) is 4.16. The fourth-order valence-electron chi connectivity index (χ4n) is 2.21. The SMILES string of the molecule is CC(C)c1cnc(Sc2ccccc2)cc1Oc1cnc(N)nc1N. The summed E-state index contributed by atoms with van der Waals surface area (Å²) < 4.78 is 5.98. The van der Waals surface area contributed by atoms with Crippen molar-refractivity contribution < 1.29 is 4.74 Å². The van der Waals surface area contributed by atoms with Crippen LogP contribution in [0.4, 0.5) is 11.8 Å². The van der Waals surface area contributed by atoms with Crippen molar-refractivity contribution in [1.82, 2.24) is 15.0 Å². The summed E-state index contributed by atoms with van der Waals surface area (Å²) in [7, 11) is 0. The Morgan fingerprint density at radius 1 is 1.00 bits per heavy atom. The van der Waals surface area contributed by atoms with Crippen molar-refractivity contribution in [3.63, 3.8) is 0 Å². The largest absolute Gasteiger partial charge is 0.451 e. The molecule has 0 amide bonds. The summed E-state index contributed by atoms with van der Waals surface area (Å²) >= 11 is 1.57. The molecule has 0 fully saturated rings. The van der Waals surface area contributed by atoms with Gasteiger partial charge in [0.1, 0.15) is 10.8 Å². The Hall–Kier alpha value is -2.80. The van der Waals surface area contributed by atoms with Gasteiger partial charge in [-0.15, -0.1) is 0 Å². The summed E-state index contributed by atoms with van der Waals surface area (Å²) in [5.74, 6) is 1.62. The fraction of sp³-hybridized carbons (Fsp3) is 0.167. The maximum atomic E-state index is 5.98. The van der Waals surface area contributed by atoms with E-state index in [1.54, 1.807) is 11.8 Å². The maximum absolute atomic E-state index is 5.98. The molecule has 0 saturated heterocycles. The van der Waals surface area contributed by atoms with Crippen LogP contribution in [0.1, 0.15) is 25.3 Å². The molecule has 0 aliphatic carbocycles. The molecule has 1 aromatic carbocycles. The summed E-state index contributed by atoms with van der Waals surface area (Å²) in [4.78, 5) is 13.5. The van der Waals surface area contributed by atoms with E-state index >= 15 is 0 Å². The van der Waals surface area contributed by atoms with Crippen LogP contribution < -0.4 is 16.2 Å². The van der Waals surface area contributed by atoms with E-state index in [2.05, 4.69) is 28.8 Å². The molecule has 2 aromatic heterocycles. The second-order valence-corrected chi connectivity index (χ2v) is 6.80. The van der Waals surface area contributed by atoms with Crippen LogP contribution in [0.2, 0.25) is 0 Å². The topological polar surface area (TPSA) is 99.9 Å². The number of aromatic nitrogens is 3. The number of nitrogen functional groups attached to an aromatic ring is 2. The lowest BCUT2D eigenvalue weighted by Crippen LogP contribution is -2.03. The zero-order valence-corrected chi connectivity index (χ0v) is 14.8. The molecule has 7 heteroatoms. The molecule has 3 rings (SSSR count). The van der Waals surface area contributed by atoms with Crippen LogP contribution in [0.25, 0.3) is 0 Å². The maximum Gasteiger partial charge on any atom is 0.222 e. The third kappa shape index (κ3) is 4.19. The van der Waals surface area contributed by atoms with Gasteiger partial charge in [0.25, 0.3) is 0 Å². The summed E-state index contributed by atoms with van der Waals surface area (Å²) in [6, 6.07) is 12.0. The highest BCUT2D eigenvalue weighted by Gasteiger charge is 2.14. The lowest BCUT2D eigenvalue weighted by atomic mass is 10.1. The molecule has 0 atom stereocenters. The minimum absolute atomic E-state index is 0.115. The van der Waals surface area contributed by atoms with Gasteiger partial charge in [0, 0.05) is 22.7 Å². The highest BCUT2D eigenvalue weighted by Crippen LogP contribution is 2.36. The zero-order chi connectivity index (χ0) is 17.8. The molecule has 0 bridgehead atoms. The van der Waals surface area contributed by atoms with Gasteiger partial charge in [-0.1, -0.05) is 43.8 Å². The molecule has 0 spiro atoms. The first-order valence-electron chi connectivity index (χ1n) is 7.81. The van der Waals surface area contributed by atoms with Gasteiger partial charge in [0.2, 0.25) is 5.95 Å². The van der Waals surface area contributed by atoms with E-state index < -0.39 is 0 Å². The molecule has 3 aromatic rings. The third-order valence-electron chi connectivity index (χ3n) is 3.48. The lowest BCUT2D eigenvalue weighted by Gasteiger charge is -2.15. The Morgan fingerprint density at radius 2 is 1.76 bits per heavy atom. The Balaban J connectivity index is 1.93. The van der Waals surface area contributed by atoms with Crippen LogP contribution >= 0.6 is 11.8 Å². The zero-order valence-electron chi connectivity index (χ0n) is 14.0. The number of nitrogens with two attached hydrogens (primary N) is 2. The Kier molecular flexibility index (Phi) is 5.04. The Morgan fingerprint density at radius 3 is 2.44 bits per heavy atom. The monoisotopic (exact) mass is 353 g/mol. The Labute approximate surface area is 150 Å². The third-order valence-corrected chi connectivity index (χ3v) is 4.42. The standard InChI is InChI=1S/C18H19N5OS/c1-11(2)13-9-21-16(25-12-6-4-3-5-7-12)8-14(13)24-15-10-22-18(20)23-17(15)19/h3-11H,1-2H3,(H4,19,20,22,23). The van der Waals surface area contributed by atoms with Crippen molar-refractivity contribution in [2.24, 2.45) is 0 Å². The summed E-state index contributed by atoms with van der Waals surface area (Å²) in [6.07, 6.45) is 3.31. The van der Waals surface area contributed by atoms with Crippen molar-refractivity contribution >= 4 is 23.5 Å².